The molecule has 0 N–H and O–H groups in total. The first kappa shape index (κ1) is 19.1. The van der Waals surface area contributed by atoms with Crippen LogP contribution in [-0.2, 0) is 9.59 Å². The van der Waals surface area contributed by atoms with Crippen LogP contribution in [0.5, 0.6) is 0 Å². The first-order valence-corrected chi connectivity index (χ1v) is 10.4. The number of Topliss-reactive ketones (excluding diaryl/α,β-unsaturated/α-hetero) is 1. The summed E-state index contributed by atoms with van der Waals surface area (Å²) >= 11 is 0. The van der Waals surface area contributed by atoms with Gasteiger partial charge in [0, 0.05) is 58.1 Å². The number of hydrogen-bond acceptors (Lipinski definition) is 6. The minimum atomic E-state index is -0.241. The average Bonchev–Trinajstić information content (AvgIpc) is 3.07. The molecule has 0 unspecified atom stereocenters. The smallest absolute Gasteiger partial charge is 0.230 e. The highest BCUT2D eigenvalue weighted by Crippen LogP contribution is 2.37. The molecule has 1 saturated carbocycles. The number of ketones is 1. The van der Waals surface area contributed by atoms with Crippen molar-refractivity contribution in [1.82, 2.24) is 19.8 Å². The summed E-state index contributed by atoms with van der Waals surface area (Å²) < 4.78 is 0. The lowest BCUT2D eigenvalue weighted by atomic mass is 9.77. The third-order valence-electron chi connectivity index (χ3n) is 6.30. The Morgan fingerprint density at radius 2 is 1.71 bits per heavy atom. The Bertz CT molecular complexity index is 730. The second kappa shape index (κ2) is 8.39. The van der Waals surface area contributed by atoms with E-state index in [0.717, 1.165) is 63.6 Å². The summed E-state index contributed by atoms with van der Waals surface area (Å²) in [6.45, 7) is 10.4. The van der Waals surface area contributed by atoms with E-state index in [1.165, 1.54) is 0 Å². The van der Waals surface area contributed by atoms with E-state index in [1.54, 1.807) is 12.4 Å². The Morgan fingerprint density at radius 1 is 1.00 bits per heavy atom. The van der Waals surface area contributed by atoms with Gasteiger partial charge in [-0.15, -0.1) is 0 Å². The Hall–Kier alpha value is -2.28. The number of aromatic nitrogens is 2. The van der Waals surface area contributed by atoms with Gasteiger partial charge < -0.3 is 9.80 Å². The van der Waals surface area contributed by atoms with E-state index in [1.807, 2.05) is 11.0 Å². The number of likely N-dealkylation sites (tertiary alicyclic amines) is 1. The standard InChI is InChI=1S/C21H29N5O2/c1-16-5-6-18(27)17-15-26(20(28)19(16)17)10-3-2-9-24-11-13-25(14-12-24)21-22-7-4-8-23-21/h4,7-8,17,19H,1-3,5-6,9-15H2/t17-,19-/m1/s1. The third kappa shape index (κ3) is 3.94. The maximum atomic E-state index is 12.6. The topological polar surface area (TPSA) is 69.6 Å². The highest BCUT2D eigenvalue weighted by Gasteiger charge is 2.46. The molecule has 4 rings (SSSR count). The predicted molar refractivity (Wildman–Crippen MR) is 107 cm³/mol. The number of rotatable bonds is 6. The first-order chi connectivity index (χ1) is 13.6. The highest BCUT2D eigenvalue weighted by molar-refractivity contribution is 5.95. The van der Waals surface area contributed by atoms with Gasteiger partial charge in [0.25, 0.3) is 0 Å². The van der Waals surface area contributed by atoms with E-state index < -0.39 is 0 Å². The lowest BCUT2D eigenvalue weighted by Gasteiger charge is -2.34. The summed E-state index contributed by atoms with van der Waals surface area (Å²) in [6.07, 6.45) is 6.85. The van der Waals surface area contributed by atoms with E-state index >= 15 is 0 Å². The first-order valence-electron chi connectivity index (χ1n) is 10.4. The van der Waals surface area contributed by atoms with Crippen molar-refractivity contribution in [2.24, 2.45) is 11.8 Å². The van der Waals surface area contributed by atoms with Gasteiger partial charge in [0.1, 0.15) is 5.78 Å². The van der Waals surface area contributed by atoms with Crippen molar-refractivity contribution >= 4 is 17.6 Å². The molecule has 2 aliphatic heterocycles. The zero-order valence-electron chi connectivity index (χ0n) is 16.4. The maximum absolute atomic E-state index is 12.6. The van der Waals surface area contributed by atoms with Gasteiger partial charge in [-0.05, 0) is 31.9 Å². The van der Waals surface area contributed by atoms with Crippen LogP contribution < -0.4 is 4.90 Å². The molecule has 1 aliphatic carbocycles. The van der Waals surface area contributed by atoms with Crippen LogP contribution in [0.2, 0.25) is 0 Å². The number of fused-ring (bicyclic) bond motifs is 1. The molecule has 7 nitrogen and oxygen atoms in total. The molecule has 0 spiro atoms. The predicted octanol–water partition coefficient (Wildman–Crippen LogP) is 1.37. The SMILES string of the molecule is C=C1CCC(=O)[C@H]2CN(CCCCN3CCN(c4ncccn4)CC3)C(=O)[C@H]12. The quantitative estimate of drug-likeness (QED) is 0.546. The Balaban J connectivity index is 1.17. The number of unbranched alkanes of at least 4 members (excludes halogenated alkanes) is 1. The van der Waals surface area contributed by atoms with Gasteiger partial charge in [0.15, 0.2) is 0 Å². The van der Waals surface area contributed by atoms with Gasteiger partial charge in [-0.3, -0.25) is 14.5 Å². The number of carbonyl (C=O) groups excluding carboxylic acids is 2. The largest absolute Gasteiger partial charge is 0.341 e. The number of hydrogen-bond donors (Lipinski definition) is 0. The average molecular weight is 383 g/mol. The number of anilines is 1. The van der Waals surface area contributed by atoms with Crippen molar-refractivity contribution in [3.05, 3.63) is 30.6 Å². The molecule has 1 aromatic rings. The summed E-state index contributed by atoms with van der Waals surface area (Å²) in [4.78, 5) is 40.0. The van der Waals surface area contributed by atoms with Crippen LogP contribution in [0.1, 0.15) is 25.7 Å². The highest BCUT2D eigenvalue weighted by atomic mass is 16.2. The lowest BCUT2D eigenvalue weighted by Crippen LogP contribution is -2.47. The van der Waals surface area contributed by atoms with Crippen molar-refractivity contribution in [1.29, 1.82) is 0 Å². The van der Waals surface area contributed by atoms with Gasteiger partial charge in [0.05, 0.1) is 11.8 Å². The molecule has 3 heterocycles. The molecule has 1 aromatic heterocycles. The van der Waals surface area contributed by atoms with Gasteiger partial charge in [-0.2, -0.15) is 0 Å². The summed E-state index contributed by atoms with van der Waals surface area (Å²) in [5.74, 6) is 0.803. The van der Waals surface area contributed by atoms with Gasteiger partial charge in [-0.1, -0.05) is 12.2 Å². The molecule has 28 heavy (non-hydrogen) atoms. The zero-order chi connectivity index (χ0) is 19.5. The van der Waals surface area contributed by atoms with E-state index in [-0.39, 0.29) is 23.5 Å². The molecule has 0 aromatic carbocycles. The molecule has 0 radical (unpaired) electrons. The fraction of sp³-hybridized carbons (Fsp3) is 0.619. The van der Waals surface area contributed by atoms with Gasteiger partial charge in [0.2, 0.25) is 11.9 Å². The van der Waals surface area contributed by atoms with Crippen LogP contribution >= 0.6 is 0 Å². The minimum absolute atomic E-state index is 0.125. The third-order valence-corrected chi connectivity index (χ3v) is 6.30. The van der Waals surface area contributed by atoms with Crippen LogP contribution in [0, 0.1) is 11.8 Å². The van der Waals surface area contributed by atoms with Crippen molar-refractivity contribution in [3.8, 4) is 0 Å². The van der Waals surface area contributed by atoms with Crippen molar-refractivity contribution in [2.45, 2.75) is 25.7 Å². The lowest BCUT2D eigenvalue weighted by molar-refractivity contribution is -0.132. The van der Waals surface area contributed by atoms with Crippen molar-refractivity contribution in [2.75, 3.05) is 50.7 Å². The zero-order valence-corrected chi connectivity index (χ0v) is 16.4. The van der Waals surface area contributed by atoms with Crippen LogP contribution in [0.25, 0.3) is 0 Å². The molecule has 7 heteroatoms. The molecule has 0 bridgehead atoms. The Labute approximate surface area is 166 Å². The van der Waals surface area contributed by atoms with Crippen molar-refractivity contribution in [3.63, 3.8) is 0 Å². The Kier molecular flexibility index (Phi) is 5.71. The van der Waals surface area contributed by atoms with Crippen LogP contribution in [0.4, 0.5) is 5.95 Å². The number of carbonyl (C=O) groups is 2. The molecule has 3 aliphatic rings. The fourth-order valence-electron chi connectivity index (χ4n) is 4.64. The molecular weight excluding hydrogens is 354 g/mol. The Morgan fingerprint density at radius 3 is 2.43 bits per heavy atom. The monoisotopic (exact) mass is 383 g/mol. The number of piperazine rings is 1. The van der Waals surface area contributed by atoms with Gasteiger partial charge >= 0.3 is 0 Å². The number of nitrogens with zero attached hydrogens (tertiary/aromatic N) is 5. The van der Waals surface area contributed by atoms with E-state index in [2.05, 4.69) is 26.3 Å². The van der Waals surface area contributed by atoms with Crippen LogP contribution in [0.3, 0.4) is 0 Å². The maximum Gasteiger partial charge on any atom is 0.230 e. The minimum Gasteiger partial charge on any atom is -0.341 e. The molecule has 3 fully saturated rings. The summed E-state index contributed by atoms with van der Waals surface area (Å²) in [5, 5.41) is 0. The molecule has 2 atom stereocenters. The molecule has 2 saturated heterocycles. The van der Waals surface area contributed by atoms with Crippen LogP contribution in [0.15, 0.2) is 30.6 Å². The van der Waals surface area contributed by atoms with E-state index in [4.69, 9.17) is 0 Å². The summed E-state index contributed by atoms with van der Waals surface area (Å²) in [6, 6.07) is 1.84. The van der Waals surface area contributed by atoms with Gasteiger partial charge in [-0.25, -0.2) is 9.97 Å². The summed E-state index contributed by atoms with van der Waals surface area (Å²) in [5.41, 5.74) is 0.956. The van der Waals surface area contributed by atoms with E-state index in [9.17, 15) is 9.59 Å². The number of amides is 1. The normalized spacial score (nSPS) is 26.1. The molecule has 150 valence electrons. The van der Waals surface area contributed by atoms with E-state index in [0.29, 0.717) is 19.4 Å². The second-order valence-corrected chi connectivity index (χ2v) is 8.08. The van der Waals surface area contributed by atoms with Crippen molar-refractivity contribution < 1.29 is 9.59 Å². The molecule has 1 amide bonds. The van der Waals surface area contributed by atoms with Crippen LogP contribution in [-0.4, -0.2) is 77.3 Å². The second-order valence-electron chi connectivity index (χ2n) is 8.08. The fourth-order valence-corrected chi connectivity index (χ4v) is 4.64. The summed E-state index contributed by atoms with van der Waals surface area (Å²) in [7, 11) is 0. The molecular formula is C21H29N5O2.